The maximum Gasteiger partial charge on any atom is 0.193 e. The zero-order valence-corrected chi connectivity index (χ0v) is 8.61. The van der Waals surface area contributed by atoms with Crippen LogP contribution in [-0.4, -0.2) is 0 Å². The number of aryl methyl sites for hydroxylation is 1. The number of hydrogen-bond acceptors (Lipinski definition) is 2. The zero-order chi connectivity index (χ0) is 9.64. The van der Waals surface area contributed by atoms with E-state index in [1.54, 1.807) is 0 Å². The molecule has 13 heavy (non-hydrogen) atoms. The molecule has 0 saturated carbocycles. The summed E-state index contributed by atoms with van der Waals surface area (Å²) < 4.78 is 5.55. The first-order chi connectivity index (χ1) is 6.02. The predicted molar refractivity (Wildman–Crippen MR) is 53.8 cm³/mol. The van der Waals surface area contributed by atoms with Crippen molar-refractivity contribution in [2.24, 2.45) is 0 Å². The van der Waals surface area contributed by atoms with Gasteiger partial charge in [0.2, 0.25) is 0 Å². The fourth-order valence-electron chi connectivity index (χ4n) is 2.47. The average Bonchev–Trinajstić information content (AvgIpc) is 2.28. The van der Waals surface area contributed by atoms with Crippen LogP contribution >= 0.6 is 0 Å². The maximum atomic E-state index is 5.77. The van der Waals surface area contributed by atoms with Gasteiger partial charge in [-0.15, -0.1) is 0 Å². The highest BCUT2D eigenvalue weighted by Crippen LogP contribution is 2.41. The molecular weight excluding hydrogens is 162 g/mol. The van der Waals surface area contributed by atoms with Crippen molar-refractivity contribution in [1.82, 2.24) is 0 Å². The van der Waals surface area contributed by atoms with Crippen LogP contribution in [0.15, 0.2) is 4.42 Å². The van der Waals surface area contributed by atoms with Crippen molar-refractivity contribution >= 4 is 5.88 Å². The molecular formula is C11H17NO. The molecule has 0 atom stereocenters. The van der Waals surface area contributed by atoms with Crippen molar-refractivity contribution in [3.8, 4) is 0 Å². The Kier molecular flexibility index (Phi) is 1.69. The van der Waals surface area contributed by atoms with Crippen LogP contribution in [0.5, 0.6) is 0 Å². The number of rotatable bonds is 0. The van der Waals surface area contributed by atoms with E-state index >= 15 is 0 Å². The summed E-state index contributed by atoms with van der Waals surface area (Å²) in [6.07, 6.45) is 3.50. The lowest BCUT2D eigenvalue weighted by Gasteiger charge is -2.29. The highest BCUT2D eigenvalue weighted by molar-refractivity contribution is 5.49. The van der Waals surface area contributed by atoms with Gasteiger partial charge in [-0.25, -0.2) is 0 Å². The molecule has 0 bridgehead atoms. The second-order valence-electron chi connectivity index (χ2n) is 4.63. The van der Waals surface area contributed by atoms with Crippen LogP contribution < -0.4 is 5.73 Å². The van der Waals surface area contributed by atoms with E-state index in [4.69, 9.17) is 10.2 Å². The number of anilines is 1. The van der Waals surface area contributed by atoms with Gasteiger partial charge < -0.3 is 10.2 Å². The van der Waals surface area contributed by atoms with E-state index in [-0.39, 0.29) is 5.41 Å². The van der Waals surface area contributed by atoms with Crippen molar-refractivity contribution < 1.29 is 4.42 Å². The minimum Gasteiger partial charge on any atom is -0.445 e. The van der Waals surface area contributed by atoms with E-state index in [9.17, 15) is 0 Å². The molecule has 0 unspecified atom stereocenters. The van der Waals surface area contributed by atoms with Crippen molar-refractivity contribution in [2.45, 2.75) is 45.4 Å². The van der Waals surface area contributed by atoms with Gasteiger partial charge in [0, 0.05) is 17.5 Å². The fourth-order valence-corrected chi connectivity index (χ4v) is 2.47. The normalized spacial score (nSPS) is 19.9. The molecule has 1 aromatic heterocycles. The Morgan fingerprint density at radius 1 is 1.38 bits per heavy atom. The van der Waals surface area contributed by atoms with Crippen molar-refractivity contribution in [3.63, 3.8) is 0 Å². The Morgan fingerprint density at radius 3 is 2.69 bits per heavy atom. The third kappa shape index (κ3) is 1.16. The highest BCUT2D eigenvalue weighted by Gasteiger charge is 2.32. The van der Waals surface area contributed by atoms with Gasteiger partial charge in [0.05, 0.1) is 0 Å². The lowest BCUT2D eigenvalue weighted by molar-refractivity contribution is 0.390. The second kappa shape index (κ2) is 2.53. The van der Waals surface area contributed by atoms with E-state index in [2.05, 4.69) is 20.8 Å². The summed E-state index contributed by atoms with van der Waals surface area (Å²) >= 11 is 0. The summed E-state index contributed by atoms with van der Waals surface area (Å²) in [7, 11) is 0. The molecule has 0 fully saturated rings. The van der Waals surface area contributed by atoms with Gasteiger partial charge in [0.25, 0.3) is 0 Å². The summed E-state index contributed by atoms with van der Waals surface area (Å²) in [4.78, 5) is 0. The number of furan rings is 1. The third-order valence-corrected chi connectivity index (χ3v) is 3.14. The minimum absolute atomic E-state index is 0.249. The number of nitrogens with two attached hydrogens (primary N) is 1. The molecule has 2 N–H and O–H groups in total. The summed E-state index contributed by atoms with van der Waals surface area (Å²) in [5.74, 6) is 1.73. The first kappa shape index (κ1) is 8.67. The molecule has 1 heterocycles. The highest BCUT2D eigenvalue weighted by atomic mass is 16.4. The van der Waals surface area contributed by atoms with Gasteiger partial charge in [-0.1, -0.05) is 13.8 Å². The maximum absolute atomic E-state index is 5.77. The minimum atomic E-state index is 0.249. The van der Waals surface area contributed by atoms with E-state index in [0.717, 1.165) is 17.7 Å². The first-order valence-electron chi connectivity index (χ1n) is 4.90. The lowest BCUT2D eigenvalue weighted by Crippen LogP contribution is -2.23. The average molecular weight is 179 g/mol. The Morgan fingerprint density at radius 2 is 2.08 bits per heavy atom. The van der Waals surface area contributed by atoms with Crippen molar-refractivity contribution in [3.05, 3.63) is 16.9 Å². The van der Waals surface area contributed by atoms with Crippen molar-refractivity contribution in [1.29, 1.82) is 0 Å². The SMILES string of the molecule is Cc1c(N)oc2c1C(C)(C)CCC2. The molecule has 2 rings (SSSR count). The first-order valence-corrected chi connectivity index (χ1v) is 4.90. The summed E-state index contributed by atoms with van der Waals surface area (Å²) in [6.45, 7) is 6.60. The van der Waals surface area contributed by atoms with Gasteiger partial charge in [0.15, 0.2) is 5.88 Å². The molecule has 2 heteroatoms. The number of hydrogen-bond donors (Lipinski definition) is 1. The Labute approximate surface area is 79.1 Å². The molecule has 1 aromatic rings. The smallest absolute Gasteiger partial charge is 0.193 e. The lowest BCUT2D eigenvalue weighted by atomic mass is 9.74. The molecule has 1 aliphatic carbocycles. The molecule has 2 nitrogen and oxygen atoms in total. The van der Waals surface area contributed by atoms with E-state index in [1.807, 2.05) is 0 Å². The molecule has 0 aromatic carbocycles. The van der Waals surface area contributed by atoms with E-state index in [1.165, 1.54) is 18.4 Å². The van der Waals surface area contributed by atoms with Crippen LogP contribution in [0.3, 0.4) is 0 Å². The third-order valence-electron chi connectivity index (χ3n) is 3.14. The molecule has 0 radical (unpaired) electrons. The summed E-state index contributed by atoms with van der Waals surface area (Å²) in [6, 6.07) is 0. The van der Waals surface area contributed by atoms with Crippen LogP contribution in [0.25, 0.3) is 0 Å². The molecule has 0 amide bonds. The molecule has 0 aliphatic heterocycles. The van der Waals surface area contributed by atoms with Gasteiger partial charge in [-0.05, 0) is 25.2 Å². The Balaban J connectivity index is 2.61. The number of fused-ring (bicyclic) bond motifs is 1. The Bertz CT molecular complexity index is 336. The summed E-state index contributed by atoms with van der Waals surface area (Å²) in [5, 5.41) is 0. The standard InChI is InChI=1S/C11H17NO/c1-7-9-8(13-10(7)12)5-4-6-11(9,2)3/h4-6,12H2,1-3H3. The molecule has 0 spiro atoms. The number of nitrogen functional groups attached to an aromatic ring is 1. The van der Waals surface area contributed by atoms with Crippen LogP contribution in [0.4, 0.5) is 5.88 Å². The van der Waals surface area contributed by atoms with E-state index < -0.39 is 0 Å². The van der Waals surface area contributed by atoms with Crippen LogP contribution in [0, 0.1) is 6.92 Å². The Hall–Kier alpha value is -0.920. The van der Waals surface area contributed by atoms with Gasteiger partial charge in [-0.2, -0.15) is 0 Å². The van der Waals surface area contributed by atoms with Crippen LogP contribution in [-0.2, 0) is 11.8 Å². The van der Waals surface area contributed by atoms with E-state index in [0.29, 0.717) is 5.88 Å². The molecule has 72 valence electrons. The van der Waals surface area contributed by atoms with Gasteiger partial charge in [0.1, 0.15) is 5.76 Å². The second-order valence-corrected chi connectivity index (χ2v) is 4.63. The topological polar surface area (TPSA) is 39.2 Å². The monoisotopic (exact) mass is 179 g/mol. The van der Waals surface area contributed by atoms with Gasteiger partial charge in [-0.3, -0.25) is 0 Å². The van der Waals surface area contributed by atoms with Crippen LogP contribution in [0.2, 0.25) is 0 Å². The molecule has 1 aliphatic rings. The zero-order valence-electron chi connectivity index (χ0n) is 8.61. The summed E-state index contributed by atoms with van der Waals surface area (Å²) in [5.41, 5.74) is 8.53. The fraction of sp³-hybridized carbons (Fsp3) is 0.636. The predicted octanol–water partition coefficient (Wildman–Crippen LogP) is 2.78. The largest absolute Gasteiger partial charge is 0.445 e. The van der Waals surface area contributed by atoms with Crippen molar-refractivity contribution in [2.75, 3.05) is 5.73 Å². The quantitative estimate of drug-likeness (QED) is 0.665. The molecule has 0 saturated heterocycles. The van der Waals surface area contributed by atoms with Crippen LogP contribution in [0.1, 0.15) is 43.6 Å². The van der Waals surface area contributed by atoms with Gasteiger partial charge >= 0.3 is 0 Å².